The summed E-state index contributed by atoms with van der Waals surface area (Å²) in [4.78, 5) is 26.9. The van der Waals surface area contributed by atoms with Crippen molar-refractivity contribution in [3.05, 3.63) is 41.1 Å². The van der Waals surface area contributed by atoms with Crippen molar-refractivity contribution in [1.29, 1.82) is 0 Å². The second kappa shape index (κ2) is 10.00. The molecule has 0 aromatic heterocycles. The van der Waals surface area contributed by atoms with Crippen LogP contribution in [0.3, 0.4) is 0 Å². The number of hydrogen-bond acceptors (Lipinski definition) is 4. The number of amides is 2. The van der Waals surface area contributed by atoms with Crippen LogP contribution in [-0.2, 0) is 9.53 Å². The summed E-state index contributed by atoms with van der Waals surface area (Å²) in [5.74, 6) is -0.381. The smallest absolute Gasteiger partial charge is 0.338 e. The number of esters is 1. The predicted octanol–water partition coefficient (Wildman–Crippen LogP) is 3.89. The SMILES string of the molecule is CCCCCOC(=O)C1=C(C)NC(=O)N[C@H]1c1ccc(N(CC)CC)cc1. The van der Waals surface area contributed by atoms with E-state index < -0.39 is 6.04 Å². The van der Waals surface area contributed by atoms with Crippen molar-refractivity contribution in [1.82, 2.24) is 10.6 Å². The molecule has 0 fully saturated rings. The lowest BCUT2D eigenvalue weighted by molar-refractivity contribution is -0.139. The normalized spacial score (nSPS) is 16.6. The fourth-order valence-corrected chi connectivity index (χ4v) is 3.28. The van der Waals surface area contributed by atoms with E-state index in [-0.39, 0.29) is 12.0 Å². The Morgan fingerprint density at radius 1 is 1.11 bits per heavy atom. The summed E-state index contributed by atoms with van der Waals surface area (Å²) in [6.45, 7) is 10.3. The van der Waals surface area contributed by atoms with E-state index in [4.69, 9.17) is 4.74 Å². The average Bonchev–Trinajstić information content (AvgIpc) is 2.66. The van der Waals surface area contributed by atoms with Gasteiger partial charge in [0.05, 0.1) is 18.2 Å². The molecule has 0 saturated heterocycles. The molecule has 6 nitrogen and oxygen atoms in total. The molecule has 1 aliphatic heterocycles. The molecule has 6 heteroatoms. The number of nitrogens with one attached hydrogen (secondary N) is 2. The van der Waals surface area contributed by atoms with Gasteiger partial charge >= 0.3 is 12.0 Å². The molecule has 1 heterocycles. The van der Waals surface area contributed by atoms with Crippen LogP contribution < -0.4 is 15.5 Å². The lowest BCUT2D eigenvalue weighted by Crippen LogP contribution is -2.45. The minimum Gasteiger partial charge on any atom is -0.462 e. The van der Waals surface area contributed by atoms with E-state index in [1.807, 2.05) is 24.3 Å². The zero-order chi connectivity index (χ0) is 19.8. The second-order valence-corrected chi connectivity index (χ2v) is 6.68. The molecule has 0 unspecified atom stereocenters. The quantitative estimate of drug-likeness (QED) is 0.509. The largest absolute Gasteiger partial charge is 0.462 e. The van der Waals surface area contributed by atoms with Crippen molar-refractivity contribution in [2.24, 2.45) is 0 Å². The van der Waals surface area contributed by atoms with Gasteiger partial charge in [0.2, 0.25) is 0 Å². The zero-order valence-electron chi connectivity index (χ0n) is 16.8. The van der Waals surface area contributed by atoms with Gasteiger partial charge in [-0.05, 0) is 44.9 Å². The molecular weight excluding hydrogens is 342 g/mol. The Kier molecular flexibility index (Phi) is 7.70. The number of carbonyl (C=O) groups is 2. The molecule has 0 radical (unpaired) electrons. The molecule has 0 spiro atoms. The standard InChI is InChI=1S/C21H31N3O3/c1-5-8-9-14-27-20(25)18-15(4)22-21(26)23-19(18)16-10-12-17(13-11-16)24(6-2)7-3/h10-13,19H,5-9,14H2,1-4H3,(H2,22,23,26)/t19-/m0/s1. The monoisotopic (exact) mass is 373 g/mol. The predicted molar refractivity (Wildman–Crippen MR) is 108 cm³/mol. The van der Waals surface area contributed by atoms with E-state index >= 15 is 0 Å². The van der Waals surface area contributed by atoms with Gasteiger partial charge in [-0.1, -0.05) is 31.9 Å². The van der Waals surface area contributed by atoms with Gasteiger partial charge in [-0.2, -0.15) is 0 Å². The van der Waals surface area contributed by atoms with Crippen LogP contribution in [-0.4, -0.2) is 31.7 Å². The molecule has 1 aliphatic rings. The van der Waals surface area contributed by atoms with E-state index in [1.165, 1.54) is 0 Å². The number of unbranched alkanes of at least 4 members (excludes halogenated alkanes) is 2. The molecule has 1 aromatic rings. The first-order chi connectivity index (χ1) is 13.0. The molecule has 2 rings (SSSR count). The Hall–Kier alpha value is -2.50. The fourth-order valence-electron chi connectivity index (χ4n) is 3.28. The maximum absolute atomic E-state index is 12.7. The second-order valence-electron chi connectivity index (χ2n) is 6.68. The first kappa shape index (κ1) is 20.8. The summed E-state index contributed by atoms with van der Waals surface area (Å²) in [6, 6.07) is 7.14. The van der Waals surface area contributed by atoms with Crippen LogP contribution in [0.2, 0.25) is 0 Å². The topological polar surface area (TPSA) is 70.7 Å². The van der Waals surface area contributed by atoms with Crippen LogP contribution in [0, 0.1) is 0 Å². The summed E-state index contributed by atoms with van der Waals surface area (Å²) in [5.41, 5.74) is 2.98. The van der Waals surface area contributed by atoms with Crippen LogP contribution in [0.15, 0.2) is 35.5 Å². The molecule has 0 bridgehead atoms. The fraction of sp³-hybridized carbons (Fsp3) is 0.524. The number of rotatable bonds is 9. The lowest BCUT2D eigenvalue weighted by atomic mass is 9.95. The van der Waals surface area contributed by atoms with Crippen LogP contribution in [0.4, 0.5) is 10.5 Å². The molecule has 0 saturated carbocycles. The molecular formula is C21H31N3O3. The van der Waals surface area contributed by atoms with Gasteiger partial charge < -0.3 is 20.3 Å². The Morgan fingerprint density at radius 2 is 1.78 bits per heavy atom. The van der Waals surface area contributed by atoms with Crippen molar-refractivity contribution in [3.8, 4) is 0 Å². The van der Waals surface area contributed by atoms with Crippen molar-refractivity contribution in [3.63, 3.8) is 0 Å². The Balaban J connectivity index is 2.22. The van der Waals surface area contributed by atoms with Gasteiger partial charge in [-0.15, -0.1) is 0 Å². The minimum absolute atomic E-state index is 0.312. The molecule has 0 aliphatic carbocycles. The first-order valence-corrected chi connectivity index (χ1v) is 9.82. The Morgan fingerprint density at radius 3 is 2.37 bits per heavy atom. The number of allylic oxidation sites excluding steroid dienone is 1. The molecule has 2 N–H and O–H groups in total. The zero-order valence-corrected chi connectivity index (χ0v) is 16.8. The summed E-state index contributed by atoms with van der Waals surface area (Å²) in [7, 11) is 0. The van der Waals surface area contributed by atoms with E-state index in [0.29, 0.717) is 17.9 Å². The highest BCUT2D eigenvalue weighted by molar-refractivity contribution is 5.95. The van der Waals surface area contributed by atoms with Gasteiger partial charge in [0.15, 0.2) is 0 Å². The summed E-state index contributed by atoms with van der Waals surface area (Å²) in [5, 5.41) is 5.53. The van der Waals surface area contributed by atoms with Crippen molar-refractivity contribution in [2.45, 2.75) is 53.0 Å². The third-order valence-corrected chi connectivity index (χ3v) is 4.83. The molecule has 1 atom stereocenters. The number of hydrogen-bond donors (Lipinski definition) is 2. The lowest BCUT2D eigenvalue weighted by Gasteiger charge is -2.29. The van der Waals surface area contributed by atoms with E-state index in [1.54, 1.807) is 6.92 Å². The number of benzene rings is 1. The highest BCUT2D eigenvalue weighted by Gasteiger charge is 2.32. The molecule has 2 amide bonds. The van der Waals surface area contributed by atoms with Crippen LogP contribution >= 0.6 is 0 Å². The van der Waals surface area contributed by atoms with Crippen molar-refractivity contribution >= 4 is 17.7 Å². The van der Waals surface area contributed by atoms with Crippen molar-refractivity contribution < 1.29 is 14.3 Å². The maximum atomic E-state index is 12.7. The van der Waals surface area contributed by atoms with Gasteiger partial charge in [-0.25, -0.2) is 9.59 Å². The van der Waals surface area contributed by atoms with E-state index in [9.17, 15) is 9.59 Å². The van der Waals surface area contributed by atoms with Gasteiger partial charge in [0.1, 0.15) is 0 Å². The first-order valence-electron chi connectivity index (χ1n) is 9.82. The highest BCUT2D eigenvalue weighted by Crippen LogP contribution is 2.29. The number of ether oxygens (including phenoxy) is 1. The van der Waals surface area contributed by atoms with Crippen molar-refractivity contribution in [2.75, 3.05) is 24.6 Å². The molecule has 1 aromatic carbocycles. The van der Waals surface area contributed by atoms with E-state index in [0.717, 1.165) is 43.6 Å². The molecule has 148 valence electrons. The van der Waals surface area contributed by atoms with E-state index in [2.05, 4.69) is 36.3 Å². The Labute approximate surface area is 162 Å². The third kappa shape index (κ3) is 5.25. The average molecular weight is 373 g/mol. The van der Waals surface area contributed by atoms with Crippen LogP contribution in [0.1, 0.15) is 58.6 Å². The summed E-state index contributed by atoms with van der Waals surface area (Å²) >= 11 is 0. The number of anilines is 1. The summed E-state index contributed by atoms with van der Waals surface area (Å²) < 4.78 is 5.44. The third-order valence-electron chi connectivity index (χ3n) is 4.83. The van der Waals surface area contributed by atoms with Crippen LogP contribution in [0.25, 0.3) is 0 Å². The molecule has 27 heavy (non-hydrogen) atoms. The maximum Gasteiger partial charge on any atom is 0.338 e. The highest BCUT2D eigenvalue weighted by atomic mass is 16.5. The van der Waals surface area contributed by atoms with Gasteiger partial charge in [0.25, 0.3) is 0 Å². The summed E-state index contributed by atoms with van der Waals surface area (Å²) in [6.07, 6.45) is 2.94. The van der Waals surface area contributed by atoms with Gasteiger partial charge in [-0.3, -0.25) is 0 Å². The van der Waals surface area contributed by atoms with Crippen LogP contribution in [0.5, 0.6) is 0 Å². The Bertz CT molecular complexity index is 678. The number of urea groups is 1. The minimum atomic E-state index is -0.511. The number of carbonyl (C=O) groups excluding carboxylic acids is 2. The van der Waals surface area contributed by atoms with Gasteiger partial charge in [0, 0.05) is 24.5 Å². The number of nitrogens with zero attached hydrogens (tertiary/aromatic N) is 1.